The second kappa shape index (κ2) is 7.13. The fourth-order valence-electron chi connectivity index (χ4n) is 2.00. The van der Waals surface area contributed by atoms with E-state index in [4.69, 9.17) is 23.2 Å². The molecule has 2 rings (SSSR count). The van der Waals surface area contributed by atoms with Crippen LogP contribution in [0.15, 0.2) is 54.1 Å². The van der Waals surface area contributed by atoms with Crippen LogP contribution in [-0.2, 0) is 0 Å². The van der Waals surface area contributed by atoms with Crippen LogP contribution in [0.5, 0.6) is 0 Å². The molecule has 0 amide bonds. The lowest BCUT2D eigenvalue weighted by Crippen LogP contribution is -2.13. The summed E-state index contributed by atoms with van der Waals surface area (Å²) in [6, 6.07) is 15.3. The molecular weight excluding hydrogens is 319 g/mol. The van der Waals surface area contributed by atoms with E-state index in [9.17, 15) is 10.1 Å². The van der Waals surface area contributed by atoms with Crippen LogP contribution in [0.2, 0.25) is 10.0 Å². The van der Waals surface area contributed by atoms with Crippen molar-refractivity contribution in [3.05, 3.63) is 75.3 Å². The van der Waals surface area contributed by atoms with Gasteiger partial charge in [-0.25, -0.2) is 0 Å². The third-order valence-corrected chi connectivity index (χ3v) is 3.58. The summed E-state index contributed by atoms with van der Waals surface area (Å²) < 4.78 is 0. The Morgan fingerprint density at radius 3 is 1.82 bits per heavy atom. The van der Waals surface area contributed by atoms with Gasteiger partial charge in [0.2, 0.25) is 5.78 Å². The Labute approximate surface area is 138 Å². The maximum atomic E-state index is 12.5. The number of benzene rings is 2. The molecule has 0 aliphatic rings. The summed E-state index contributed by atoms with van der Waals surface area (Å²) in [7, 11) is 1.66. The van der Waals surface area contributed by atoms with Crippen molar-refractivity contribution in [1.82, 2.24) is 5.32 Å². The molecule has 0 bridgehead atoms. The van der Waals surface area contributed by atoms with Crippen molar-refractivity contribution in [2.75, 3.05) is 7.05 Å². The minimum Gasteiger partial charge on any atom is -0.386 e. The van der Waals surface area contributed by atoms with Crippen LogP contribution in [0.4, 0.5) is 0 Å². The molecular formula is C17H12Cl2N2O. The number of allylic oxidation sites excluding steroid dienone is 1. The smallest absolute Gasteiger partial charge is 0.205 e. The predicted octanol–water partition coefficient (Wildman–Crippen LogP) is 4.33. The zero-order valence-electron chi connectivity index (χ0n) is 11.7. The van der Waals surface area contributed by atoms with Gasteiger partial charge in [0, 0.05) is 22.7 Å². The second-order valence-corrected chi connectivity index (χ2v) is 5.33. The number of halogens is 2. The Bertz CT molecular complexity index is 757. The van der Waals surface area contributed by atoms with Crippen LogP contribution >= 0.6 is 23.2 Å². The molecule has 0 unspecified atom stereocenters. The van der Waals surface area contributed by atoms with E-state index in [1.807, 2.05) is 6.07 Å². The van der Waals surface area contributed by atoms with Crippen molar-refractivity contribution in [3.63, 3.8) is 0 Å². The molecule has 3 nitrogen and oxygen atoms in total. The van der Waals surface area contributed by atoms with Crippen molar-refractivity contribution in [2.24, 2.45) is 0 Å². The molecule has 0 atom stereocenters. The van der Waals surface area contributed by atoms with Crippen molar-refractivity contribution >= 4 is 34.7 Å². The highest BCUT2D eigenvalue weighted by Gasteiger charge is 2.18. The topological polar surface area (TPSA) is 52.9 Å². The summed E-state index contributed by atoms with van der Waals surface area (Å²) in [5, 5.41) is 13.4. The molecule has 0 aromatic heterocycles. The first-order chi connectivity index (χ1) is 10.6. The third-order valence-electron chi connectivity index (χ3n) is 3.08. The minimum absolute atomic E-state index is 0.0344. The van der Waals surface area contributed by atoms with Crippen molar-refractivity contribution in [3.8, 4) is 6.07 Å². The van der Waals surface area contributed by atoms with E-state index in [2.05, 4.69) is 5.32 Å². The van der Waals surface area contributed by atoms with E-state index < -0.39 is 0 Å². The monoisotopic (exact) mass is 330 g/mol. The highest BCUT2D eigenvalue weighted by molar-refractivity contribution is 6.31. The lowest BCUT2D eigenvalue weighted by atomic mass is 9.99. The van der Waals surface area contributed by atoms with Gasteiger partial charge >= 0.3 is 0 Å². The first-order valence-corrected chi connectivity index (χ1v) is 7.20. The van der Waals surface area contributed by atoms with Gasteiger partial charge in [0.1, 0.15) is 11.6 Å². The number of nitriles is 1. The Balaban J connectivity index is 2.51. The van der Waals surface area contributed by atoms with Gasteiger partial charge in [-0.15, -0.1) is 0 Å². The molecule has 110 valence electrons. The Kier molecular flexibility index (Phi) is 5.21. The molecule has 0 saturated heterocycles. The number of hydrogen-bond donors (Lipinski definition) is 1. The molecule has 0 saturated carbocycles. The van der Waals surface area contributed by atoms with E-state index in [1.54, 1.807) is 55.6 Å². The molecule has 2 aromatic carbocycles. The van der Waals surface area contributed by atoms with E-state index in [1.165, 1.54) is 0 Å². The molecule has 0 fully saturated rings. The van der Waals surface area contributed by atoms with E-state index in [0.29, 0.717) is 26.9 Å². The van der Waals surface area contributed by atoms with Gasteiger partial charge in [-0.3, -0.25) is 4.79 Å². The lowest BCUT2D eigenvalue weighted by molar-refractivity contribution is 0.103. The molecule has 0 heterocycles. The summed E-state index contributed by atoms with van der Waals surface area (Å²) in [4.78, 5) is 12.5. The van der Waals surface area contributed by atoms with Gasteiger partial charge in [0.25, 0.3) is 0 Å². The number of rotatable bonds is 4. The summed E-state index contributed by atoms with van der Waals surface area (Å²) in [6.45, 7) is 0. The SMILES string of the molecule is CNC(=C(C#N)C(=O)c1ccc(Cl)cc1)c1ccc(Cl)cc1. The fourth-order valence-corrected chi connectivity index (χ4v) is 2.25. The van der Waals surface area contributed by atoms with Gasteiger partial charge in [-0.05, 0) is 42.0 Å². The van der Waals surface area contributed by atoms with Gasteiger partial charge in [0.15, 0.2) is 0 Å². The van der Waals surface area contributed by atoms with Crippen molar-refractivity contribution < 1.29 is 4.79 Å². The number of hydrogen-bond acceptors (Lipinski definition) is 3. The number of nitrogens with one attached hydrogen (secondary N) is 1. The number of nitrogens with zero attached hydrogens (tertiary/aromatic N) is 1. The van der Waals surface area contributed by atoms with Crippen LogP contribution in [-0.4, -0.2) is 12.8 Å². The molecule has 0 spiro atoms. The van der Waals surface area contributed by atoms with Crippen LogP contribution in [0.1, 0.15) is 15.9 Å². The molecule has 22 heavy (non-hydrogen) atoms. The number of Topliss-reactive ketones (excluding diaryl/α,β-unsaturated/α-hetero) is 1. The average molecular weight is 331 g/mol. The van der Waals surface area contributed by atoms with E-state index in [-0.39, 0.29) is 11.4 Å². The standard InChI is InChI=1S/C17H12Cl2N2O/c1-21-16(11-2-6-13(18)7-3-11)15(10-20)17(22)12-4-8-14(19)9-5-12/h2-9,21H,1H3. The zero-order valence-corrected chi connectivity index (χ0v) is 13.2. The highest BCUT2D eigenvalue weighted by atomic mass is 35.5. The second-order valence-electron chi connectivity index (χ2n) is 4.45. The third kappa shape index (κ3) is 3.48. The van der Waals surface area contributed by atoms with Crippen molar-refractivity contribution in [1.29, 1.82) is 5.26 Å². The maximum Gasteiger partial charge on any atom is 0.205 e. The van der Waals surface area contributed by atoms with Gasteiger partial charge in [-0.2, -0.15) is 5.26 Å². The predicted molar refractivity (Wildman–Crippen MR) is 88.8 cm³/mol. The molecule has 2 aromatic rings. The largest absolute Gasteiger partial charge is 0.386 e. The first kappa shape index (κ1) is 16.1. The molecule has 0 aliphatic heterocycles. The van der Waals surface area contributed by atoms with E-state index >= 15 is 0 Å². The quantitative estimate of drug-likeness (QED) is 0.515. The number of ketones is 1. The highest BCUT2D eigenvalue weighted by Crippen LogP contribution is 2.21. The van der Waals surface area contributed by atoms with Crippen molar-refractivity contribution in [2.45, 2.75) is 0 Å². The van der Waals surface area contributed by atoms with Crippen LogP contribution < -0.4 is 5.32 Å². The molecule has 0 aliphatic carbocycles. The molecule has 5 heteroatoms. The van der Waals surface area contributed by atoms with E-state index in [0.717, 1.165) is 0 Å². The number of carbonyl (C=O) groups excluding carboxylic acids is 1. The summed E-state index contributed by atoms with van der Waals surface area (Å²) >= 11 is 11.7. The van der Waals surface area contributed by atoms with Crippen LogP contribution in [0, 0.1) is 11.3 Å². The van der Waals surface area contributed by atoms with Gasteiger partial charge in [-0.1, -0.05) is 35.3 Å². The Morgan fingerprint density at radius 2 is 1.41 bits per heavy atom. The molecule has 0 radical (unpaired) electrons. The summed E-state index contributed by atoms with van der Waals surface area (Å²) in [6.07, 6.45) is 0. The van der Waals surface area contributed by atoms with Crippen LogP contribution in [0.3, 0.4) is 0 Å². The number of carbonyl (C=O) groups is 1. The average Bonchev–Trinajstić information content (AvgIpc) is 2.53. The summed E-state index contributed by atoms with van der Waals surface area (Å²) in [5.74, 6) is -0.363. The van der Waals surface area contributed by atoms with Gasteiger partial charge in [0.05, 0.1) is 5.70 Å². The zero-order chi connectivity index (χ0) is 16.1. The van der Waals surface area contributed by atoms with Gasteiger partial charge < -0.3 is 5.32 Å². The lowest BCUT2D eigenvalue weighted by Gasteiger charge is -2.10. The Morgan fingerprint density at radius 1 is 0.955 bits per heavy atom. The minimum atomic E-state index is -0.363. The maximum absolute atomic E-state index is 12.5. The molecule has 1 N–H and O–H groups in total. The summed E-state index contributed by atoms with van der Waals surface area (Å²) in [5.41, 5.74) is 1.61. The van der Waals surface area contributed by atoms with Crippen LogP contribution in [0.25, 0.3) is 5.70 Å². The first-order valence-electron chi connectivity index (χ1n) is 6.45. The normalized spacial score (nSPS) is 11.4. The Hall–Kier alpha value is -2.28. The fraction of sp³-hybridized carbons (Fsp3) is 0.0588.